The van der Waals surface area contributed by atoms with Crippen molar-refractivity contribution in [3.63, 3.8) is 0 Å². The zero-order valence-corrected chi connectivity index (χ0v) is 8.86. The molecule has 1 aromatic carbocycles. The van der Waals surface area contributed by atoms with E-state index in [-0.39, 0.29) is 4.75 Å². The highest BCUT2D eigenvalue weighted by molar-refractivity contribution is 7.81. The van der Waals surface area contributed by atoms with Crippen LogP contribution in [0.15, 0.2) is 24.3 Å². The molecular weight excluding hydrogens is 164 g/mol. The first-order chi connectivity index (χ1) is 5.47. The third-order valence-corrected chi connectivity index (χ3v) is 1.88. The largest absolute Gasteiger partial charge is 0.173 e. The van der Waals surface area contributed by atoms with Crippen LogP contribution in [-0.4, -0.2) is 4.75 Å². The van der Waals surface area contributed by atoms with Crippen molar-refractivity contribution in [3.8, 4) is 0 Å². The molecule has 0 aliphatic rings. The van der Waals surface area contributed by atoms with Gasteiger partial charge in [0.2, 0.25) is 0 Å². The number of hydrogen-bond donors (Lipinski definition) is 1. The van der Waals surface area contributed by atoms with Gasteiger partial charge in [-0.15, -0.1) is 0 Å². The molecule has 1 aromatic rings. The molecule has 0 fully saturated rings. The van der Waals surface area contributed by atoms with Crippen molar-refractivity contribution in [1.29, 1.82) is 0 Å². The molecule has 0 heterocycles. The molecule has 12 heavy (non-hydrogen) atoms. The number of aryl methyl sites for hydroxylation is 1. The lowest BCUT2D eigenvalue weighted by molar-refractivity contribution is 0.714. The Kier molecular flexibility index (Phi) is 2.84. The van der Waals surface area contributed by atoms with Crippen molar-refractivity contribution >= 4 is 12.6 Å². The molecule has 0 amide bonds. The lowest BCUT2D eigenvalue weighted by Gasteiger charge is -2.17. The van der Waals surface area contributed by atoms with Gasteiger partial charge in [-0.05, 0) is 18.9 Å². The molecule has 0 atom stereocenters. The van der Waals surface area contributed by atoms with E-state index in [0.29, 0.717) is 0 Å². The molecule has 1 rings (SSSR count). The molecule has 66 valence electrons. The average molecular weight is 180 g/mol. The van der Waals surface area contributed by atoms with E-state index < -0.39 is 0 Å². The molecule has 0 unspecified atom stereocenters. The topological polar surface area (TPSA) is 0 Å². The van der Waals surface area contributed by atoms with E-state index in [1.807, 2.05) is 0 Å². The minimum absolute atomic E-state index is 0.0911. The second-order valence-corrected chi connectivity index (χ2v) is 5.19. The summed E-state index contributed by atoms with van der Waals surface area (Å²) in [6, 6.07) is 8.60. The van der Waals surface area contributed by atoms with Gasteiger partial charge in [0.05, 0.1) is 0 Å². The molecule has 0 saturated heterocycles. The van der Waals surface area contributed by atoms with Crippen LogP contribution in [0, 0.1) is 6.92 Å². The van der Waals surface area contributed by atoms with Crippen molar-refractivity contribution in [3.05, 3.63) is 35.4 Å². The Morgan fingerprint density at radius 1 is 1.33 bits per heavy atom. The van der Waals surface area contributed by atoms with Gasteiger partial charge in [0, 0.05) is 4.75 Å². The Hall–Kier alpha value is -0.430. The van der Waals surface area contributed by atoms with E-state index in [0.717, 1.165) is 6.42 Å². The Balaban J connectivity index is 2.77. The van der Waals surface area contributed by atoms with Crippen LogP contribution in [0.25, 0.3) is 0 Å². The SMILES string of the molecule is Cc1cccc(CC(C)(C)S)c1. The number of thiol groups is 1. The monoisotopic (exact) mass is 180 g/mol. The number of rotatable bonds is 2. The van der Waals surface area contributed by atoms with Gasteiger partial charge >= 0.3 is 0 Å². The van der Waals surface area contributed by atoms with Crippen LogP contribution in [0.4, 0.5) is 0 Å². The predicted octanol–water partition coefficient (Wildman–Crippen LogP) is 3.25. The normalized spacial score (nSPS) is 11.7. The van der Waals surface area contributed by atoms with Crippen molar-refractivity contribution in [1.82, 2.24) is 0 Å². The maximum Gasteiger partial charge on any atom is 0.0113 e. The summed E-state index contributed by atoms with van der Waals surface area (Å²) in [6.45, 7) is 6.39. The lowest BCUT2D eigenvalue weighted by atomic mass is 10.0. The first-order valence-electron chi connectivity index (χ1n) is 4.25. The number of benzene rings is 1. The molecule has 0 N–H and O–H groups in total. The van der Waals surface area contributed by atoms with E-state index >= 15 is 0 Å². The van der Waals surface area contributed by atoms with Gasteiger partial charge in [-0.25, -0.2) is 0 Å². The van der Waals surface area contributed by atoms with Gasteiger partial charge < -0.3 is 0 Å². The third kappa shape index (κ3) is 3.31. The van der Waals surface area contributed by atoms with Crippen LogP contribution in [0.1, 0.15) is 25.0 Å². The smallest absolute Gasteiger partial charge is 0.0113 e. The summed E-state index contributed by atoms with van der Waals surface area (Å²) < 4.78 is 0.0911. The fourth-order valence-electron chi connectivity index (χ4n) is 1.32. The molecule has 0 aliphatic heterocycles. The van der Waals surface area contributed by atoms with Gasteiger partial charge in [-0.2, -0.15) is 12.6 Å². The van der Waals surface area contributed by atoms with Gasteiger partial charge in [-0.1, -0.05) is 43.7 Å². The minimum atomic E-state index is 0.0911. The fourth-order valence-corrected chi connectivity index (χ4v) is 1.50. The zero-order valence-electron chi connectivity index (χ0n) is 7.96. The van der Waals surface area contributed by atoms with Gasteiger partial charge in [-0.3, -0.25) is 0 Å². The van der Waals surface area contributed by atoms with Gasteiger partial charge in [0.1, 0.15) is 0 Å². The minimum Gasteiger partial charge on any atom is -0.173 e. The highest BCUT2D eigenvalue weighted by Crippen LogP contribution is 2.19. The van der Waals surface area contributed by atoms with E-state index in [1.54, 1.807) is 0 Å². The zero-order chi connectivity index (χ0) is 9.19. The Bertz CT molecular complexity index is 258. The molecule has 0 radical (unpaired) electrons. The van der Waals surface area contributed by atoms with Crippen LogP contribution in [0.5, 0.6) is 0 Å². The molecule has 0 nitrogen and oxygen atoms in total. The summed E-state index contributed by atoms with van der Waals surface area (Å²) in [4.78, 5) is 0. The van der Waals surface area contributed by atoms with Crippen molar-refractivity contribution in [2.24, 2.45) is 0 Å². The van der Waals surface area contributed by atoms with Crippen LogP contribution < -0.4 is 0 Å². The lowest BCUT2D eigenvalue weighted by Crippen LogP contribution is -2.14. The Morgan fingerprint density at radius 3 is 2.50 bits per heavy atom. The van der Waals surface area contributed by atoms with Crippen molar-refractivity contribution < 1.29 is 0 Å². The molecule has 0 aliphatic carbocycles. The van der Waals surface area contributed by atoms with Gasteiger partial charge in [0.25, 0.3) is 0 Å². The molecule has 0 aromatic heterocycles. The Labute approximate surface area is 80.4 Å². The molecule has 1 heteroatoms. The standard InChI is InChI=1S/C11H16S/c1-9-5-4-6-10(7-9)8-11(2,3)12/h4-7,12H,8H2,1-3H3. The maximum atomic E-state index is 4.50. The van der Waals surface area contributed by atoms with Crippen LogP contribution >= 0.6 is 12.6 Å². The average Bonchev–Trinajstić information content (AvgIpc) is 1.82. The maximum absolute atomic E-state index is 4.50. The van der Waals surface area contributed by atoms with E-state index in [9.17, 15) is 0 Å². The highest BCUT2D eigenvalue weighted by atomic mass is 32.1. The Morgan fingerprint density at radius 2 is 2.00 bits per heavy atom. The summed E-state index contributed by atoms with van der Waals surface area (Å²) in [5.74, 6) is 0. The summed E-state index contributed by atoms with van der Waals surface area (Å²) in [6.07, 6.45) is 1.03. The van der Waals surface area contributed by atoms with Crippen LogP contribution in [0.3, 0.4) is 0 Å². The predicted molar refractivity (Wildman–Crippen MR) is 57.9 cm³/mol. The number of hydrogen-bond acceptors (Lipinski definition) is 1. The first-order valence-corrected chi connectivity index (χ1v) is 4.70. The van der Waals surface area contributed by atoms with E-state index in [1.165, 1.54) is 11.1 Å². The molecule has 0 bridgehead atoms. The fraction of sp³-hybridized carbons (Fsp3) is 0.455. The summed E-state index contributed by atoms with van der Waals surface area (Å²) in [5, 5.41) is 0. The molecule has 0 saturated carbocycles. The summed E-state index contributed by atoms with van der Waals surface area (Å²) in [5.41, 5.74) is 2.69. The second kappa shape index (κ2) is 3.53. The second-order valence-electron chi connectivity index (χ2n) is 3.98. The highest BCUT2D eigenvalue weighted by Gasteiger charge is 2.11. The van der Waals surface area contributed by atoms with Crippen molar-refractivity contribution in [2.45, 2.75) is 31.9 Å². The molecule has 0 spiro atoms. The van der Waals surface area contributed by atoms with Crippen LogP contribution in [0.2, 0.25) is 0 Å². The quantitative estimate of drug-likeness (QED) is 0.664. The summed E-state index contributed by atoms with van der Waals surface area (Å²) in [7, 11) is 0. The van der Waals surface area contributed by atoms with Crippen molar-refractivity contribution in [2.75, 3.05) is 0 Å². The van der Waals surface area contributed by atoms with E-state index in [2.05, 4.69) is 57.7 Å². The first kappa shape index (κ1) is 9.66. The van der Waals surface area contributed by atoms with Crippen LogP contribution in [-0.2, 0) is 6.42 Å². The van der Waals surface area contributed by atoms with Gasteiger partial charge in [0.15, 0.2) is 0 Å². The third-order valence-electron chi connectivity index (χ3n) is 1.72. The molecular formula is C11H16S. The van der Waals surface area contributed by atoms with E-state index in [4.69, 9.17) is 0 Å². The summed E-state index contributed by atoms with van der Waals surface area (Å²) >= 11 is 4.50.